The average Bonchev–Trinajstić information content (AvgIpc) is 3.00. The summed E-state index contributed by atoms with van der Waals surface area (Å²) in [6, 6.07) is 22.7. The first kappa shape index (κ1) is 29.5. The van der Waals surface area contributed by atoms with Gasteiger partial charge in [0, 0.05) is 61.5 Å². The molecule has 9 nitrogen and oxygen atoms in total. The summed E-state index contributed by atoms with van der Waals surface area (Å²) in [6.07, 6.45) is 0.586. The Kier molecular flexibility index (Phi) is 9.89. The number of nitrogens with zero attached hydrogens (tertiary/aromatic N) is 3. The van der Waals surface area contributed by atoms with Crippen LogP contribution in [-0.2, 0) is 14.3 Å². The number of anilines is 3. The summed E-state index contributed by atoms with van der Waals surface area (Å²) < 4.78 is 4.84. The number of hydrogen-bond donors (Lipinski definition) is 2. The van der Waals surface area contributed by atoms with E-state index < -0.39 is 5.97 Å². The number of carbonyl (C=O) groups is 3. The normalized spacial score (nSPS) is 14.5. The highest BCUT2D eigenvalue weighted by molar-refractivity contribution is 6.01. The SMILES string of the molecule is COC(=O)c1ccc(/C(C)=C(/Nc2ccc(N(C)C(=O)CN3CCN(C)CC3)cc2)c2ccccc2)c(NC=O)c1. The zero-order valence-corrected chi connectivity index (χ0v) is 24.0. The molecule has 0 spiro atoms. The van der Waals surface area contributed by atoms with Crippen molar-refractivity contribution in [3.05, 3.63) is 89.5 Å². The number of nitrogens with one attached hydrogen (secondary N) is 2. The second-order valence-corrected chi connectivity index (χ2v) is 10.1. The van der Waals surface area contributed by atoms with Gasteiger partial charge in [-0.25, -0.2) is 4.79 Å². The minimum atomic E-state index is -0.486. The largest absolute Gasteiger partial charge is 0.465 e. The Morgan fingerprint density at radius 2 is 1.63 bits per heavy atom. The molecule has 0 atom stereocenters. The third kappa shape index (κ3) is 7.39. The van der Waals surface area contributed by atoms with Crippen LogP contribution in [0.15, 0.2) is 72.8 Å². The van der Waals surface area contributed by atoms with Crippen LogP contribution in [0.2, 0.25) is 0 Å². The molecule has 3 aromatic carbocycles. The topological polar surface area (TPSA) is 94.2 Å². The molecule has 214 valence electrons. The molecule has 1 saturated heterocycles. The van der Waals surface area contributed by atoms with Gasteiger partial charge in [-0.1, -0.05) is 36.4 Å². The van der Waals surface area contributed by atoms with Crippen LogP contribution >= 0.6 is 0 Å². The molecule has 3 aromatic rings. The van der Waals surface area contributed by atoms with E-state index in [1.54, 1.807) is 30.1 Å². The predicted octanol–water partition coefficient (Wildman–Crippen LogP) is 4.25. The monoisotopic (exact) mass is 555 g/mol. The van der Waals surface area contributed by atoms with Crippen LogP contribution in [0.3, 0.4) is 0 Å². The van der Waals surface area contributed by atoms with Gasteiger partial charge in [-0.3, -0.25) is 14.5 Å². The maximum atomic E-state index is 12.9. The number of ether oxygens (including phenoxy) is 1. The summed E-state index contributed by atoms with van der Waals surface area (Å²) in [5.41, 5.74) is 5.87. The number of likely N-dealkylation sites (N-methyl/N-ethyl adjacent to an activating group) is 2. The molecular weight excluding hydrogens is 518 g/mol. The van der Waals surface area contributed by atoms with Gasteiger partial charge in [-0.15, -0.1) is 0 Å². The molecule has 1 aliphatic rings. The number of piperazine rings is 1. The minimum absolute atomic E-state index is 0.0570. The third-order valence-electron chi connectivity index (χ3n) is 7.35. The Morgan fingerprint density at radius 3 is 2.27 bits per heavy atom. The van der Waals surface area contributed by atoms with Crippen LogP contribution < -0.4 is 15.5 Å². The number of allylic oxidation sites excluding steroid dienone is 1. The molecule has 0 saturated carbocycles. The van der Waals surface area contributed by atoms with Crippen LogP contribution in [0.1, 0.15) is 28.4 Å². The molecule has 0 bridgehead atoms. The van der Waals surface area contributed by atoms with Crippen LogP contribution in [0.4, 0.5) is 17.1 Å². The Labute approximate surface area is 241 Å². The van der Waals surface area contributed by atoms with Crippen molar-refractivity contribution in [2.24, 2.45) is 0 Å². The van der Waals surface area contributed by atoms with Gasteiger partial charge in [0.2, 0.25) is 12.3 Å². The van der Waals surface area contributed by atoms with Crippen molar-refractivity contribution in [3.8, 4) is 0 Å². The standard InChI is InChI=1S/C32H37N5O4/c1-23(28-15-10-25(32(40)41-4)20-29(28)33-22-38)31(24-8-6-5-7-9-24)34-26-11-13-27(14-12-26)36(3)30(39)21-37-18-16-35(2)17-19-37/h5-15,20,22,34H,16-19,21H2,1-4H3,(H,33,38)/b31-23+. The van der Waals surface area contributed by atoms with E-state index in [1.165, 1.54) is 7.11 Å². The predicted molar refractivity (Wildman–Crippen MR) is 164 cm³/mol. The fraction of sp³-hybridized carbons (Fsp3) is 0.281. The Hall–Kier alpha value is -4.47. The van der Waals surface area contributed by atoms with E-state index >= 15 is 0 Å². The molecule has 2 N–H and O–H groups in total. The molecule has 41 heavy (non-hydrogen) atoms. The lowest BCUT2D eigenvalue weighted by atomic mass is 9.97. The maximum absolute atomic E-state index is 12.9. The molecule has 0 aromatic heterocycles. The van der Waals surface area contributed by atoms with Crippen molar-refractivity contribution in [2.45, 2.75) is 6.92 Å². The van der Waals surface area contributed by atoms with E-state index in [0.717, 1.165) is 60.0 Å². The number of benzene rings is 3. The molecule has 1 aliphatic heterocycles. The summed E-state index contributed by atoms with van der Waals surface area (Å²) >= 11 is 0. The average molecular weight is 556 g/mol. The van der Waals surface area contributed by atoms with E-state index in [4.69, 9.17) is 4.74 Å². The van der Waals surface area contributed by atoms with Gasteiger partial charge in [-0.2, -0.15) is 0 Å². The van der Waals surface area contributed by atoms with Crippen molar-refractivity contribution >= 4 is 46.6 Å². The van der Waals surface area contributed by atoms with Gasteiger partial charge in [0.15, 0.2) is 0 Å². The van der Waals surface area contributed by atoms with Gasteiger partial charge in [0.1, 0.15) is 0 Å². The molecule has 0 unspecified atom stereocenters. The van der Waals surface area contributed by atoms with Crippen molar-refractivity contribution in [1.82, 2.24) is 9.80 Å². The third-order valence-corrected chi connectivity index (χ3v) is 7.35. The van der Waals surface area contributed by atoms with Gasteiger partial charge in [-0.05, 0) is 61.5 Å². The number of carbonyl (C=O) groups excluding carboxylic acids is 3. The molecular formula is C32H37N5O4. The highest BCUT2D eigenvalue weighted by Crippen LogP contribution is 2.33. The highest BCUT2D eigenvalue weighted by Gasteiger charge is 2.20. The van der Waals surface area contributed by atoms with Crippen LogP contribution in [0.25, 0.3) is 11.3 Å². The van der Waals surface area contributed by atoms with Gasteiger partial charge < -0.3 is 25.2 Å². The van der Waals surface area contributed by atoms with Crippen molar-refractivity contribution in [3.63, 3.8) is 0 Å². The summed E-state index contributed by atoms with van der Waals surface area (Å²) in [5, 5.41) is 6.25. The minimum Gasteiger partial charge on any atom is -0.465 e. The van der Waals surface area contributed by atoms with E-state index in [1.807, 2.05) is 61.5 Å². The molecule has 0 radical (unpaired) electrons. The number of methoxy groups -OCH3 is 1. The lowest BCUT2D eigenvalue weighted by Gasteiger charge is -2.32. The maximum Gasteiger partial charge on any atom is 0.337 e. The first-order chi connectivity index (χ1) is 19.8. The van der Waals surface area contributed by atoms with E-state index in [-0.39, 0.29) is 5.91 Å². The van der Waals surface area contributed by atoms with Crippen molar-refractivity contribution in [1.29, 1.82) is 0 Å². The number of esters is 1. The van der Waals surface area contributed by atoms with Crippen LogP contribution in [-0.4, -0.2) is 82.0 Å². The second kappa shape index (κ2) is 13.7. The lowest BCUT2D eigenvalue weighted by molar-refractivity contribution is -0.119. The second-order valence-electron chi connectivity index (χ2n) is 10.1. The number of rotatable bonds is 10. The molecule has 1 heterocycles. The van der Waals surface area contributed by atoms with Crippen molar-refractivity contribution < 1.29 is 19.1 Å². The Bertz CT molecular complexity index is 1400. The van der Waals surface area contributed by atoms with E-state index in [0.29, 0.717) is 24.2 Å². The quantitative estimate of drug-likeness (QED) is 0.219. The first-order valence-corrected chi connectivity index (χ1v) is 13.5. The van der Waals surface area contributed by atoms with Crippen molar-refractivity contribution in [2.75, 3.05) is 69.5 Å². The highest BCUT2D eigenvalue weighted by atomic mass is 16.5. The molecule has 0 aliphatic carbocycles. The summed E-state index contributed by atoms with van der Waals surface area (Å²) in [7, 11) is 5.22. The van der Waals surface area contributed by atoms with Crippen LogP contribution in [0, 0.1) is 0 Å². The van der Waals surface area contributed by atoms with E-state index in [2.05, 4.69) is 27.5 Å². The van der Waals surface area contributed by atoms with Gasteiger partial charge in [0.05, 0.1) is 19.2 Å². The summed E-state index contributed by atoms with van der Waals surface area (Å²) in [6.45, 7) is 6.07. The molecule has 4 rings (SSSR count). The smallest absolute Gasteiger partial charge is 0.337 e. The van der Waals surface area contributed by atoms with Gasteiger partial charge >= 0.3 is 5.97 Å². The zero-order chi connectivity index (χ0) is 29.4. The Morgan fingerprint density at radius 1 is 0.951 bits per heavy atom. The Balaban J connectivity index is 1.59. The van der Waals surface area contributed by atoms with E-state index in [9.17, 15) is 14.4 Å². The first-order valence-electron chi connectivity index (χ1n) is 13.5. The van der Waals surface area contributed by atoms with Crippen LogP contribution in [0.5, 0.6) is 0 Å². The summed E-state index contributed by atoms with van der Waals surface area (Å²) in [4.78, 5) is 42.6. The fourth-order valence-corrected chi connectivity index (χ4v) is 4.78. The number of hydrogen-bond acceptors (Lipinski definition) is 7. The lowest BCUT2D eigenvalue weighted by Crippen LogP contribution is -2.48. The summed E-state index contributed by atoms with van der Waals surface area (Å²) in [5.74, 6) is -0.429. The zero-order valence-electron chi connectivity index (χ0n) is 24.0. The molecule has 1 fully saturated rings. The number of amides is 2. The molecule has 9 heteroatoms. The van der Waals surface area contributed by atoms with Gasteiger partial charge in [0.25, 0.3) is 0 Å². The molecule has 2 amide bonds. The fourth-order valence-electron chi connectivity index (χ4n) is 4.78.